The van der Waals surface area contributed by atoms with Gasteiger partial charge in [0.15, 0.2) is 11.8 Å². The van der Waals surface area contributed by atoms with Crippen LogP contribution in [0.1, 0.15) is 17.2 Å². The first kappa shape index (κ1) is 21.2. The molecule has 0 bridgehead atoms. The van der Waals surface area contributed by atoms with E-state index in [1.807, 2.05) is 12.1 Å². The molecule has 0 radical (unpaired) electrons. The Morgan fingerprint density at radius 2 is 1.84 bits per heavy atom. The number of nitro benzene ring substituents is 1. The SMILES string of the molecule is O=[N+]([O-])c1ccc2c(N=NC3C(O)=CCc4ccccc43)c(O)cc(OS(=O)(=O)O)c2c1. The molecule has 0 heterocycles. The number of azo groups is 1. The van der Waals surface area contributed by atoms with Gasteiger partial charge in [-0.3, -0.25) is 14.7 Å². The van der Waals surface area contributed by atoms with Crippen LogP contribution in [0.15, 0.2) is 70.6 Å². The lowest BCUT2D eigenvalue weighted by Crippen LogP contribution is -2.08. The predicted octanol–water partition coefficient (Wildman–Crippen LogP) is 4.46. The van der Waals surface area contributed by atoms with E-state index in [0.717, 1.165) is 29.3 Å². The Kier molecular flexibility index (Phi) is 5.24. The van der Waals surface area contributed by atoms with E-state index in [9.17, 15) is 28.7 Å². The zero-order chi connectivity index (χ0) is 23.0. The van der Waals surface area contributed by atoms with E-state index < -0.39 is 32.9 Å². The molecule has 164 valence electrons. The lowest BCUT2D eigenvalue weighted by molar-refractivity contribution is -0.384. The van der Waals surface area contributed by atoms with Crippen LogP contribution < -0.4 is 4.18 Å². The van der Waals surface area contributed by atoms with Crippen LogP contribution >= 0.6 is 0 Å². The van der Waals surface area contributed by atoms with E-state index in [0.29, 0.717) is 6.42 Å². The maximum absolute atomic E-state index is 11.2. The molecule has 11 nitrogen and oxygen atoms in total. The molecule has 0 saturated carbocycles. The molecule has 1 aliphatic carbocycles. The average molecular weight is 457 g/mol. The third-order valence-corrected chi connectivity index (χ3v) is 5.26. The Morgan fingerprint density at radius 3 is 2.56 bits per heavy atom. The van der Waals surface area contributed by atoms with Gasteiger partial charge >= 0.3 is 10.4 Å². The van der Waals surface area contributed by atoms with Crippen molar-refractivity contribution in [1.82, 2.24) is 0 Å². The third kappa shape index (κ3) is 4.08. The predicted molar refractivity (Wildman–Crippen MR) is 113 cm³/mol. The summed E-state index contributed by atoms with van der Waals surface area (Å²) in [6.45, 7) is 0. The van der Waals surface area contributed by atoms with Crippen LogP contribution in [0, 0.1) is 10.1 Å². The largest absolute Gasteiger partial charge is 0.510 e. The molecule has 1 unspecified atom stereocenters. The topological polar surface area (TPSA) is 172 Å². The summed E-state index contributed by atoms with van der Waals surface area (Å²) >= 11 is 0. The number of phenolic OH excluding ortho intramolecular Hbond substituents is 1. The maximum Gasteiger partial charge on any atom is 0.446 e. The molecule has 3 N–H and O–H groups in total. The molecule has 1 aliphatic rings. The Bertz CT molecular complexity index is 1420. The van der Waals surface area contributed by atoms with E-state index >= 15 is 0 Å². The van der Waals surface area contributed by atoms with E-state index in [1.54, 1.807) is 18.2 Å². The average Bonchev–Trinajstić information content (AvgIpc) is 2.73. The minimum Gasteiger partial charge on any atom is -0.510 e. The third-order valence-electron chi connectivity index (χ3n) is 4.87. The number of hydrogen-bond acceptors (Lipinski definition) is 9. The quantitative estimate of drug-likeness (QED) is 0.218. The maximum atomic E-state index is 11.2. The van der Waals surface area contributed by atoms with Gasteiger partial charge in [0.25, 0.3) is 5.69 Å². The van der Waals surface area contributed by atoms with E-state index in [1.165, 1.54) is 6.07 Å². The van der Waals surface area contributed by atoms with Gasteiger partial charge in [0.1, 0.15) is 17.2 Å². The Labute approximate surface area is 181 Å². The molecule has 0 fully saturated rings. The summed E-state index contributed by atoms with van der Waals surface area (Å²) in [7, 11) is -4.98. The van der Waals surface area contributed by atoms with Crippen molar-refractivity contribution in [3.63, 3.8) is 0 Å². The molecule has 0 aromatic heterocycles. The summed E-state index contributed by atoms with van der Waals surface area (Å²) in [4.78, 5) is 10.4. The van der Waals surface area contributed by atoms with Gasteiger partial charge in [-0.25, -0.2) is 0 Å². The smallest absolute Gasteiger partial charge is 0.446 e. The van der Waals surface area contributed by atoms with Gasteiger partial charge in [-0.15, -0.1) is 0 Å². The van der Waals surface area contributed by atoms with Crippen molar-refractivity contribution >= 4 is 32.5 Å². The Hall–Kier alpha value is -4.03. The van der Waals surface area contributed by atoms with Crippen LogP contribution in [0.4, 0.5) is 11.4 Å². The molecule has 0 spiro atoms. The first-order valence-corrected chi connectivity index (χ1v) is 10.5. The number of non-ortho nitro benzene ring substituents is 1. The fraction of sp³-hybridized carbons (Fsp3) is 0.100. The minimum absolute atomic E-state index is 0.0294. The van der Waals surface area contributed by atoms with Crippen molar-refractivity contribution in [3.05, 3.63) is 81.6 Å². The minimum atomic E-state index is -4.98. The number of rotatable bonds is 5. The number of fused-ring (bicyclic) bond motifs is 2. The van der Waals surface area contributed by atoms with Crippen molar-refractivity contribution < 1.29 is 32.3 Å². The summed E-state index contributed by atoms with van der Waals surface area (Å²) in [5, 5.41) is 40.1. The zero-order valence-corrected chi connectivity index (χ0v) is 16.9. The van der Waals surface area contributed by atoms with Gasteiger partial charge in [0.2, 0.25) is 0 Å². The van der Waals surface area contributed by atoms with Crippen molar-refractivity contribution in [2.75, 3.05) is 0 Å². The molecule has 0 amide bonds. The van der Waals surface area contributed by atoms with Crippen LogP contribution in [0.2, 0.25) is 0 Å². The summed E-state index contributed by atoms with van der Waals surface area (Å²) in [6.07, 6.45) is 2.12. The molecule has 32 heavy (non-hydrogen) atoms. The van der Waals surface area contributed by atoms with Crippen molar-refractivity contribution in [1.29, 1.82) is 0 Å². The van der Waals surface area contributed by atoms with Gasteiger partial charge < -0.3 is 14.4 Å². The van der Waals surface area contributed by atoms with E-state index in [4.69, 9.17) is 4.55 Å². The summed E-state index contributed by atoms with van der Waals surface area (Å²) < 4.78 is 35.9. The number of allylic oxidation sites excluding steroid dienone is 1. The van der Waals surface area contributed by atoms with Crippen LogP contribution in [-0.2, 0) is 16.8 Å². The molecule has 4 rings (SSSR count). The molecule has 3 aromatic carbocycles. The van der Waals surface area contributed by atoms with Crippen molar-refractivity contribution in [2.24, 2.45) is 10.2 Å². The Morgan fingerprint density at radius 1 is 1.09 bits per heavy atom. The molecule has 0 saturated heterocycles. The monoisotopic (exact) mass is 457 g/mol. The number of aromatic hydroxyl groups is 1. The second-order valence-electron chi connectivity index (χ2n) is 6.89. The number of nitro groups is 1. The normalized spacial score (nSPS) is 16.0. The molecular formula is C20H15N3O8S. The first-order valence-electron chi connectivity index (χ1n) is 9.13. The van der Waals surface area contributed by atoms with E-state index in [-0.39, 0.29) is 27.9 Å². The van der Waals surface area contributed by atoms with Crippen molar-refractivity contribution in [3.8, 4) is 11.5 Å². The van der Waals surface area contributed by atoms with Crippen LogP contribution in [0.25, 0.3) is 10.8 Å². The second-order valence-corrected chi connectivity index (χ2v) is 7.91. The zero-order valence-electron chi connectivity index (χ0n) is 16.1. The van der Waals surface area contributed by atoms with Gasteiger partial charge in [-0.2, -0.15) is 18.6 Å². The molecule has 12 heteroatoms. The number of aliphatic hydroxyl groups excluding tert-OH is 1. The van der Waals surface area contributed by atoms with Crippen molar-refractivity contribution in [2.45, 2.75) is 12.5 Å². The highest BCUT2D eigenvalue weighted by molar-refractivity contribution is 7.81. The molecular weight excluding hydrogens is 442 g/mol. The lowest BCUT2D eigenvalue weighted by Gasteiger charge is -2.19. The van der Waals surface area contributed by atoms with Gasteiger partial charge in [0, 0.05) is 29.0 Å². The highest BCUT2D eigenvalue weighted by Crippen LogP contribution is 2.44. The fourth-order valence-corrected chi connectivity index (χ4v) is 3.83. The highest BCUT2D eigenvalue weighted by Gasteiger charge is 2.24. The second kappa shape index (κ2) is 7.90. The summed E-state index contributed by atoms with van der Waals surface area (Å²) in [6, 6.07) is 10.7. The molecule has 0 aliphatic heterocycles. The number of phenols is 1. The molecule has 1 atom stereocenters. The Balaban J connectivity index is 1.87. The number of nitrogens with zero attached hydrogens (tertiary/aromatic N) is 3. The summed E-state index contributed by atoms with van der Waals surface area (Å²) in [5.74, 6) is -1.12. The van der Waals surface area contributed by atoms with Gasteiger partial charge in [-0.05, 0) is 29.7 Å². The lowest BCUT2D eigenvalue weighted by atomic mass is 9.92. The summed E-state index contributed by atoms with van der Waals surface area (Å²) in [5.41, 5.74) is 1.15. The van der Waals surface area contributed by atoms with E-state index in [2.05, 4.69) is 14.4 Å². The van der Waals surface area contributed by atoms with Gasteiger partial charge in [-0.1, -0.05) is 24.3 Å². The van der Waals surface area contributed by atoms with Crippen LogP contribution in [0.5, 0.6) is 11.5 Å². The highest BCUT2D eigenvalue weighted by atomic mass is 32.3. The number of aliphatic hydroxyl groups is 1. The number of hydrogen-bond donors (Lipinski definition) is 3. The standard InChI is InChI=1S/C20H15N3O8S/c24-16-8-5-11-3-1-2-4-13(11)19(16)21-22-20-14-7-6-12(23(26)27)9-15(14)18(10-17(20)25)31-32(28,29)30/h1-4,6-10,19,24-25H,5H2,(H,28,29,30). The first-order chi connectivity index (χ1) is 15.1. The van der Waals surface area contributed by atoms with Gasteiger partial charge in [0.05, 0.1) is 4.92 Å². The molecule has 3 aromatic rings. The fourth-order valence-electron chi connectivity index (χ4n) is 3.46. The van der Waals surface area contributed by atoms with Crippen LogP contribution in [-0.4, -0.2) is 28.1 Å². The van der Waals surface area contributed by atoms with Crippen LogP contribution in [0.3, 0.4) is 0 Å². The number of benzene rings is 3.